The number of hydrogen-bond acceptors (Lipinski definition) is 3. The molecule has 1 aromatic rings. The van der Waals surface area contributed by atoms with Crippen molar-refractivity contribution in [1.29, 1.82) is 0 Å². The summed E-state index contributed by atoms with van der Waals surface area (Å²) in [5.74, 6) is 0.638. The molecule has 0 aliphatic heterocycles. The number of hydrogen-bond donors (Lipinski definition) is 0. The minimum atomic E-state index is -0.338. The molecule has 1 atom stereocenters. The van der Waals surface area contributed by atoms with Gasteiger partial charge in [0.25, 0.3) is 0 Å². The van der Waals surface area contributed by atoms with Gasteiger partial charge in [0.05, 0.1) is 13.2 Å². The molecule has 0 saturated heterocycles. The van der Waals surface area contributed by atoms with Crippen LogP contribution in [0.3, 0.4) is 0 Å². The number of carbonyl (C=O) groups excluding carboxylic acids is 1. The Labute approximate surface area is 110 Å². The second-order valence-electron chi connectivity index (χ2n) is 3.79. The summed E-state index contributed by atoms with van der Waals surface area (Å²) in [6, 6.07) is 7.14. The third-order valence-corrected chi connectivity index (χ3v) is 3.27. The molecule has 0 bridgehead atoms. The highest BCUT2D eigenvalue weighted by molar-refractivity contribution is 9.09. The van der Waals surface area contributed by atoms with Crippen LogP contribution < -0.4 is 4.74 Å². The van der Waals surface area contributed by atoms with Gasteiger partial charge in [0.15, 0.2) is 0 Å². The molecule has 1 unspecified atom stereocenters. The van der Waals surface area contributed by atoms with Gasteiger partial charge in [-0.1, -0.05) is 35.0 Å². The van der Waals surface area contributed by atoms with Crippen LogP contribution in [-0.2, 0) is 4.74 Å². The molecule has 3 nitrogen and oxygen atoms in total. The SMILES string of the molecule is CCOC(=O)c1ccccc1OCC(C)CBr. The number of esters is 1. The molecule has 0 amide bonds. The first-order chi connectivity index (χ1) is 8.19. The Hall–Kier alpha value is -1.03. The topological polar surface area (TPSA) is 35.5 Å². The molecule has 0 heterocycles. The van der Waals surface area contributed by atoms with Crippen molar-refractivity contribution >= 4 is 21.9 Å². The summed E-state index contributed by atoms with van der Waals surface area (Å²) in [6.07, 6.45) is 0. The highest BCUT2D eigenvalue weighted by Crippen LogP contribution is 2.19. The number of alkyl halides is 1. The van der Waals surface area contributed by atoms with Gasteiger partial charge in [-0.25, -0.2) is 4.79 Å². The summed E-state index contributed by atoms with van der Waals surface area (Å²) in [5, 5.41) is 0.870. The number of ether oxygens (including phenoxy) is 2. The average Bonchev–Trinajstić information content (AvgIpc) is 2.36. The number of rotatable bonds is 6. The van der Waals surface area contributed by atoms with Gasteiger partial charge < -0.3 is 9.47 Å². The zero-order valence-electron chi connectivity index (χ0n) is 10.1. The highest BCUT2D eigenvalue weighted by Gasteiger charge is 2.13. The molecule has 0 radical (unpaired) electrons. The Morgan fingerprint density at radius 1 is 1.41 bits per heavy atom. The van der Waals surface area contributed by atoms with Crippen molar-refractivity contribution < 1.29 is 14.3 Å². The molecule has 0 saturated carbocycles. The summed E-state index contributed by atoms with van der Waals surface area (Å²) in [7, 11) is 0. The van der Waals surface area contributed by atoms with Gasteiger partial charge in [0, 0.05) is 5.33 Å². The molecular weight excluding hydrogens is 284 g/mol. The zero-order valence-corrected chi connectivity index (χ0v) is 11.7. The second kappa shape index (κ2) is 7.33. The maximum atomic E-state index is 11.7. The van der Waals surface area contributed by atoms with Gasteiger partial charge in [-0.05, 0) is 25.0 Å². The largest absolute Gasteiger partial charge is 0.492 e. The first kappa shape index (κ1) is 14.0. The molecular formula is C13H17BrO3. The van der Waals surface area contributed by atoms with Crippen LogP contribution in [0.15, 0.2) is 24.3 Å². The fourth-order valence-corrected chi connectivity index (χ4v) is 1.43. The van der Waals surface area contributed by atoms with Gasteiger partial charge in [0.1, 0.15) is 11.3 Å². The predicted molar refractivity (Wildman–Crippen MR) is 70.9 cm³/mol. The molecule has 1 aromatic carbocycles. The van der Waals surface area contributed by atoms with E-state index >= 15 is 0 Å². The van der Waals surface area contributed by atoms with Crippen molar-refractivity contribution in [2.45, 2.75) is 13.8 Å². The van der Waals surface area contributed by atoms with Crippen LogP contribution in [0.25, 0.3) is 0 Å². The van der Waals surface area contributed by atoms with E-state index in [0.717, 1.165) is 5.33 Å². The Balaban J connectivity index is 2.74. The van der Waals surface area contributed by atoms with E-state index in [9.17, 15) is 4.79 Å². The molecule has 0 aliphatic carbocycles. The fraction of sp³-hybridized carbons (Fsp3) is 0.462. The highest BCUT2D eigenvalue weighted by atomic mass is 79.9. The normalized spacial score (nSPS) is 11.9. The van der Waals surface area contributed by atoms with Crippen LogP contribution in [0.5, 0.6) is 5.75 Å². The molecule has 0 aliphatic rings. The molecule has 0 spiro atoms. The summed E-state index contributed by atoms with van der Waals surface area (Å²) in [6.45, 7) is 4.79. The molecule has 0 fully saturated rings. The van der Waals surface area contributed by atoms with Crippen LogP contribution in [0.4, 0.5) is 0 Å². The van der Waals surface area contributed by atoms with Gasteiger partial charge in [-0.15, -0.1) is 0 Å². The number of para-hydroxylation sites is 1. The van der Waals surface area contributed by atoms with Gasteiger partial charge in [0.2, 0.25) is 0 Å². The quantitative estimate of drug-likeness (QED) is 0.597. The fourth-order valence-electron chi connectivity index (χ4n) is 1.25. The minimum absolute atomic E-state index is 0.338. The van der Waals surface area contributed by atoms with Crippen LogP contribution >= 0.6 is 15.9 Å². The molecule has 17 heavy (non-hydrogen) atoms. The standard InChI is InChI=1S/C13H17BrO3/c1-3-16-13(15)11-6-4-5-7-12(11)17-9-10(2)8-14/h4-7,10H,3,8-9H2,1-2H3. The van der Waals surface area contributed by atoms with Crippen LogP contribution in [0.2, 0.25) is 0 Å². The lowest BCUT2D eigenvalue weighted by molar-refractivity contribution is 0.0521. The molecule has 4 heteroatoms. The van der Waals surface area contributed by atoms with E-state index in [1.54, 1.807) is 25.1 Å². The number of carbonyl (C=O) groups is 1. The molecule has 94 valence electrons. The van der Waals surface area contributed by atoms with Crippen molar-refractivity contribution in [2.24, 2.45) is 5.92 Å². The smallest absolute Gasteiger partial charge is 0.341 e. The Morgan fingerprint density at radius 3 is 2.76 bits per heavy atom. The van der Waals surface area contributed by atoms with E-state index < -0.39 is 0 Å². The van der Waals surface area contributed by atoms with Crippen molar-refractivity contribution in [2.75, 3.05) is 18.5 Å². The van der Waals surface area contributed by atoms with Gasteiger partial charge in [-0.2, -0.15) is 0 Å². The maximum absolute atomic E-state index is 11.7. The summed E-state index contributed by atoms with van der Waals surface area (Å²) in [4.78, 5) is 11.7. The zero-order chi connectivity index (χ0) is 12.7. The number of halogens is 1. The lowest BCUT2D eigenvalue weighted by Crippen LogP contribution is -2.13. The third kappa shape index (κ3) is 4.38. The van der Waals surface area contributed by atoms with Crippen molar-refractivity contribution in [1.82, 2.24) is 0 Å². The van der Waals surface area contributed by atoms with E-state index in [1.807, 2.05) is 6.07 Å². The van der Waals surface area contributed by atoms with Crippen molar-refractivity contribution in [3.05, 3.63) is 29.8 Å². The van der Waals surface area contributed by atoms with Gasteiger partial charge in [-0.3, -0.25) is 0 Å². The van der Waals surface area contributed by atoms with Crippen molar-refractivity contribution in [3.8, 4) is 5.75 Å². The summed E-state index contributed by atoms with van der Waals surface area (Å²) in [5.41, 5.74) is 0.483. The second-order valence-corrected chi connectivity index (χ2v) is 4.43. The third-order valence-electron chi connectivity index (χ3n) is 2.17. The molecule has 0 aromatic heterocycles. The number of benzene rings is 1. The Bertz CT molecular complexity index is 365. The lowest BCUT2D eigenvalue weighted by atomic mass is 10.2. The Kier molecular flexibility index (Phi) is 6.05. The average molecular weight is 301 g/mol. The Morgan fingerprint density at radius 2 is 2.12 bits per heavy atom. The predicted octanol–water partition coefficient (Wildman–Crippen LogP) is 3.27. The lowest BCUT2D eigenvalue weighted by Gasteiger charge is -2.13. The van der Waals surface area contributed by atoms with E-state index in [0.29, 0.717) is 30.4 Å². The van der Waals surface area contributed by atoms with E-state index in [2.05, 4.69) is 22.9 Å². The maximum Gasteiger partial charge on any atom is 0.341 e. The van der Waals surface area contributed by atoms with Crippen molar-refractivity contribution in [3.63, 3.8) is 0 Å². The summed E-state index contributed by atoms with van der Waals surface area (Å²) >= 11 is 3.39. The minimum Gasteiger partial charge on any atom is -0.492 e. The van der Waals surface area contributed by atoms with E-state index in [-0.39, 0.29) is 5.97 Å². The molecule has 1 rings (SSSR count). The van der Waals surface area contributed by atoms with Crippen LogP contribution in [0.1, 0.15) is 24.2 Å². The van der Waals surface area contributed by atoms with Gasteiger partial charge >= 0.3 is 5.97 Å². The van der Waals surface area contributed by atoms with Crippen LogP contribution in [-0.4, -0.2) is 24.5 Å². The van der Waals surface area contributed by atoms with E-state index in [1.165, 1.54) is 0 Å². The van der Waals surface area contributed by atoms with E-state index in [4.69, 9.17) is 9.47 Å². The van der Waals surface area contributed by atoms with Crippen LogP contribution in [0, 0.1) is 5.92 Å². The summed E-state index contributed by atoms with van der Waals surface area (Å²) < 4.78 is 10.6. The first-order valence-corrected chi connectivity index (χ1v) is 6.76. The first-order valence-electron chi connectivity index (χ1n) is 5.64. The molecule has 0 N–H and O–H groups in total. The monoisotopic (exact) mass is 300 g/mol.